The van der Waals surface area contributed by atoms with Gasteiger partial charge in [0.25, 0.3) is 22.7 Å². The summed E-state index contributed by atoms with van der Waals surface area (Å²) in [7, 11) is -3.11. The molecule has 0 saturated heterocycles. The molecule has 12 rings (SSSR count). The normalized spacial score (nSPS) is 12.8. The van der Waals surface area contributed by atoms with E-state index in [-0.39, 0.29) is 110 Å². The molecule has 0 atom stereocenters. The second-order valence-electron chi connectivity index (χ2n) is 31.8. The molecule has 5 N–H and O–H groups in total. The van der Waals surface area contributed by atoms with E-state index in [1.54, 1.807) is 54.7 Å². The molecule has 0 fully saturated rings. The van der Waals surface area contributed by atoms with Crippen molar-refractivity contribution in [3.05, 3.63) is 321 Å². The maximum absolute atomic E-state index is 10.7. The molecule has 9 aromatic carbocycles. The van der Waals surface area contributed by atoms with Crippen LogP contribution in [0.1, 0.15) is 138 Å². The van der Waals surface area contributed by atoms with Crippen LogP contribution < -0.4 is 61.7 Å². The zero-order valence-corrected chi connectivity index (χ0v) is 88.1. The number of rotatable bonds is 41. The number of benzene rings is 9. The van der Waals surface area contributed by atoms with Gasteiger partial charge in [-0.1, -0.05) is 139 Å². The zero-order valence-electron chi connectivity index (χ0n) is 79.4. The molecule has 3 heterocycles. The molecule has 136 heavy (non-hydrogen) atoms. The predicted molar refractivity (Wildman–Crippen MR) is 538 cm³/mol. The summed E-state index contributed by atoms with van der Waals surface area (Å²) in [6, 6.07) is 67.9. The number of carboxylic acids is 1. The molecule has 0 radical (unpaired) electrons. The van der Waals surface area contributed by atoms with Gasteiger partial charge in [-0.25, -0.2) is 4.99 Å². The number of nitrogens with zero attached hydrogens (tertiary/aromatic N) is 7. The van der Waals surface area contributed by atoms with Crippen LogP contribution in [-0.2, 0) is 90.0 Å². The first-order valence-electron chi connectivity index (χ1n) is 43.6. The van der Waals surface area contributed by atoms with Gasteiger partial charge in [-0.05, 0) is 156 Å². The number of allylic oxidation sites excluding steroid dienone is 1. The zero-order chi connectivity index (χ0) is 99.6. The maximum atomic E-state index is 10.7. The van der Waals surface area contributed by atoms with Gasteiger partial charge in [-0.15, -0.1) is 18.7 Å². The predicted octanol–water partition coefficient (Wildman–Crippen LogP) is 16.1. The number of non-ortho nitro benzene ring substituents is 4. The van der Waals surface area contributed by atoms with E-state index < -0.39 is 36.3 Å². The minimum Gasteiger partial charge on any atom is -0.481 e. The Balaban J connectivity index is 0.000000407. The maximum Gasteiger partial charge on any atom is 1.00 e. The van der Waals surface area contributed by atoms with Gasteiger partial charge in [0.1, 0.15) is 24.6 Å². The van der Waals surface area contributed by atoms with Crippen molar-refractivity contribution in [3.8, 4) is 0 Å². The third-order valence-corrected chi connectivity index (χ3v) is 22.4. The second kappa shape index (κ2) is 67.8. The number of aliphatic hydroxyl groups is 2. The van der Waals surface area contributed by atoms with Gasteiger partial charge in [-0.3, -0.25) is 50.2 Å². The quantitative estimate of drug-likeness (QED) is 0.00347. The number of nitrogens with one attached hydrogen (secondary N) is 2. The molecular weight excluding hydrogens is 1990 g/mol. The summed E-state index contributed by atoms with van der Waals surface area (Å²) in [5, 5.41) is 72.1. The van der Waals surface area contributed by atoms with Gasteiger partial charge >= 0.3 is 68.0 Å². The van der Waals surface area contributed by atoms with E-state index in [0.29, 0.717) is 92.5 Å². The number of aryl methyl sites for hydroxylation is 2. The third-order valence-electron chi connectivity index (χ3n) is 21.1. The Kier molecular flexibility index (Phi) is 60.2. The Bertz CT molecular complexity index is 5300. The van der Waals surface area contributed by atoms with Crippen molar-refractivity contribution >= 4 is 139 Å². The Labute approximate surface area is 866 Å². The number of fused-ring (bicyclic) bond motifs is 3. The fraction of sp³-hybridized carbons (Fsp3) is 0.390. The Hall–Kier alpha value is -9.39. The van der Waals surface area contributed by atoms with Crippen LogP contribution in [0.4, 0.5) is 51.2 Å². The molecule has 3 aliphatic rings. The number of para-hydroxylation sites is 2. The van der Waals surface area contributed by atoms with Crippen molar-refractivity contribution in [2.24, 2.45) is 4.99 Å². The van der Waals surface area contributed by atoms with E-state index in [9.17, 15) is 45.3 Å². The van der Waals surface area contributed by atoms with Crippen LogP contribution in [0, 0.1) is 60.4 Å². The molecular formula is C100H126Br3KN9O22S+3. The first kappa shape index (κ1) is 121. The first-order chi connectivity index (χ1) is 64.6. The number of carbonyl (C=O) groups is 1. The van der Waals surface area contributed by atoms with Crippen molar-refractivity contribution in [1.29, 1.82) is 0 Å². The standard InChI is InChI=1S/C23H29N2O4.C18H25NO2.C15H14N2.2C11H14BrNO4.C11H12N.C7H6BrNO2.C4H10O3.K.O3S/c1-17-5-10-22-21(15-17)23(3,4)18(2)24(22)11-12-28-13-14-29-16-19-6-8-20(9-7-19)25(26)27;1-13-9-10-16-15(12-13)18(3,4)14(2)19(16)11-7-5-6-8-17(20)21;1-3-8-14(9-4-1)16-12-7-13-17-15-10-5-2-6-11-15;2*12-5-6-16-7-8-17-9-10-1-3-11(4-2-10)13(14)15;1-8-11(2,3)9-6-4-5-7-10(9)12-8;8-5-6-1-3-7(4-2-6)9(10)11;5-1-3-7-4-2-6;;1-4(2)3/h5-10,15H,11-14,16H2,1-4H3;9-10,12H,5-8,11H2,1-4H3;1-13,16H;2*1-4H,5-9H2;5-7H,1-3H3;1-4H,5H2;5-6H,1-4H2;;/q+1;;;;;-1;;;+1;/p+2/b;;12-7+,17-13?;;;;;;;. The van der Waals surface area contributed by atoms with Crippen molar-refractivity contribution in [2.75, 3.05) is 115 Å². The van der Waals surface area contributed by atoms with Gasteiger partial charge in [-0.2, -0.15) is 27.4 Å². The van der Waals surface area contributed by atoms with Crippen molar-refractivity contribution in [2.45, 2.75) is 143 Å². The molecule has 36 heteroatoms. The van der Waals surface area contributed by atoms with Gasteiger partial charge in [0.2, 0.25) is 11.4 Å². The molecule has 0 unspecified atom stereocenters. The van der Waals surface area contributed by atoms with Gasteiger partial charge < -0.3 is 53.8 Å². The largest absolute Gasteiger partial charge is 1.00 e. The van der Waals surface area contributed by atoms with Crippen LogP contribution in [0.3, 0.4) is 0 Å². The molecule has 0 amide bonds. The molecule has 3 aliphatic heterocycles. The van der Waals surface area contributed by atoms with Crippen LogP contribution in [0.15, 0.2) is 230 Å². The van der Waals surface area contributed by atoms with Gasteiger partial charge in [0.05, 0.1) is 135 Å². The summed E-state index contributed by atoms with van der Waals surface area (Å²) in [4.78, 5) is 58.3. The number of hydrogen-bond donors (Lipinski definition) is 5. The van der Waals surface area contributed by atoms with Crippen LogP contribution in [0.25, 0.3) is 0 Å². The van der Waals surface area contributed by atoms with Crippen LogP contribution >= 0.6 is 47.8 Å². The van der Waals surface area contributed by atoms with Crippen molar-refractivity contribution in [1.82, 2.24) is 0 Å². The number of unbranched alkanes of at least 4 members (excludes halogenated alkanes) is 2. The Morgan fingerprint density at radius 1 is 0.478 bits per heavy atom. The number of alkyl halides is 3. The smallest absolute Gasteiger partial charge is 0.481 e. The molecule has 0 aliphatic carbocycles. The topological polar surface area (TPSA) is 411 Å². The van der Waals surface area contributed by atoms with Crippen LogP contribution in [-0.4, -0.2) is 196 Å². The summed E-state index contributed by atoms with van der Waals surface area (Å²) in [5.74, 6) is -0.694. The number of ether oxygens (including phenoxy) is 7. The number of nitro groups is 4. The van der Waals surface area contributed by atoms with E-state index in [1.807, 2.05) is 79.0 Å². The number of hydrogen-bond acceptors (Lipinski definition) is 23. The number of halogens is 3. The molecule has 0 saturated carbocycles. The number of nitro benzene ring substituents is 4. The molecule has 0 aromatic heterocycles. The van der Waals surface area contributed by atoms with Gasteiger partial charge in [0.15, 0.2) is 18.0 Å². The third kappa shape index (κ3) is 45.9. The summed E-state index contributed by atoms with van der Waals surface area (Å²) in [6.45, 7) is 33.3. The number of anilines is 1. The SMILES string of the molecule is C(/C=C/Nc1ccccc1)=Nc1ccccc1.CC1=[N+](CCCCCC(=O)O)c2ccc(C)cc2C1(C)C.CC1=[N+](CCOCCOCc2ccc([N+](=O)[O-])cc2)c2ccc(C)cc2C1(C)C.CC1=[NH+]c2cc[c-]cc2C1(C)C.O=S(=O)=O.O=[N+]([O-])c1ccc(CBr)cc1.O=[N+]([O-])c1ccc(COCCOCCBr)cc1.O=[N+]([O-])c1ccc(COCCOCCBr)cc1.OCCOCCO.[K+]. The van der Waals surface area contributed by atoms with E-state index in [1.165, 1.54) is 111 Å². The fourth-order valence-electron chi connectivity index (χ4n) is 13.1. The number of carboxylic acid groups (broad SMARTS) is 1. The van der Waals surface area contributed by atoms with E-state index >= 15 is 0 Å². The average Bonchev–Trinajstić information content (AvgIpc) is 1.65. The minimum atomic E-state index is -3.11. The van der Waals surface area contributed by atoms with E-state index in [0.717, 1.165) is 82.0 Å². The summed E-state index contributed by atoms with van der Waals surface area (Å²) >= 11 is 9.75. The number of aliphatic hydroxyl groups excluding tert-OH is 2. The van der Waals surface area contributed by atoms with Crippen molar-refractivity contribution in [3.63, 3.8) is 0 Å². The van der Waals surface area contributed by atoms with Gasteiger partial charge in [0, 0.05) is 145 Å². The molecule has 31 nitrogen and oxygen atoms in total. The minimum absolute atomic E-state index is 0. The molecule has 0 bridgehead atoms. The van der Waals surface area contributed by atoms with E-state index in [2.05, 4.69) is 208 Å². The summed E-state index contributed by atoms with van der Waals surface area (Å²) in [5.41, 5.74) is 21.1. The Morgan fingerprint density at radius 2 is 0.860 bits per heavy atom. The van der Waals surface area contributed by atoms with Crippen molar-refractivity contribution < 1.29 is 151 Å². The average molecular weight is 2120 g/mol. The molecule has 0 spiro atoms. The summed E-state index contributed by atoms with van der Waals surface area (Å²) < 4.78 is 67.2. The Morgan fingerprint density at radius 3 is 1.24 bits per heavy atom. The monoisotopic (exact) mass is 2110 g/mol. The first-order valence-corrected chi connectivity index (χ1v) is 47.9. The van der Waals surface area contributed by atoms with Crippen LogP contribution in [0.2, 0.25) is 0 Å². The number of aliphatic imine (C=N–C) groups is 1. The van der Waals surface area contributed by atoms with Crippen LogP contribution in [0.5, 0.6) is 0 Å². The fourth-order valence-corrected chi connectivity index (χ4v) is 13.9. The van der Waals surface area contributed by atoms with E-state index in [4.69, 9.17) is 56.4 Å². The molecule has 9 aromatic rings. The summed E-state index contributed by atoms with van der Waals surface area (Å²) in [6.07, 6.45) is 8.56. The second-order valence-corrected chi connectivity index (χ2v) is 34.3. The molecule has 728 valence electrons. The number of aliphatic carboxylic acids is 1.